The second kappa shape index (κ2) is 9.70. The Labute approximate surface area is 185 Å². The zero-order chi connectivity index (χ0) is 22.3. The van der Waals surface area contributed by atoms with Crippen LogP contribution in [0.1, 0.15) is 21.5 Å². The Hall–Kier alpha value is -4.26. The fourth-order valence-corrected chi connectivity index (χ4v) is 3.04. The van der Waals surface area contributed by atoms with Crippen molar-refractivity contribution in [2.45, 2.75) is 13.5 Å². The average molecular weight is 427 g/mol. The number of carbonyl (C=O) groups is 2. The molecule has 1 N–H and O–H groups in total. The zero-order valence-corrected chi connectivity index (χ0v) is 17.4. The quantitative estimate of drug-likeness (QED) is 0.445. The molecule has 1 aromatic heterocycles. The second-order valence-electron chi connectivity index (χ2n) is 7.19. The molecule has 3 aromatic carbocycles. The predicted octanol–water partition coefficient (Wildman–Crippen LogP) is 4.19. The van der Waals surface area contributed by atoms with Crippen molar-refractivity contribution in [2.24, 2.45) is 0 Å². The van der Waals surface area contributed by atoms with E-state index in [0.717, 1.165) is 16.7 Å². The molecule has 0 saturated heterocycles. The van der Waals surface area contributed by atoms with Gasteiger partial charge in [0, 0.05) is 16.7 Å². The molecule has 0 aliphatic rings. The minimum atomic E-state index is -0.506. The zero-order valence-electron chi connectivity index (χ0n) is 17.4. The molecule has 160 valence electrons. The van der Waals surface area contributed by atoms with E-state index >= 15 is 0 Å². The molecule has 4 rings (SSSR count). The number of nitrogens with one attached hydrogen (secondary N) is 1. The van der Waals surface area contributed by atoms with Gasteiger partial charge in [-0.05, 0) is 48.9 Å². The van der Waals surface area contributed by atoms with E-state index in [1.165, 1.54) is 0 Å². The molecule has 0 aliphatic carbocycles. The number of amides is 1. The number of hydrogen-bond acceptors (Lipinski definition) is 6. The van der Waals surface area contributed by atoms with Gasteiger partial charge in [-0.25, -0.2) is 0 Å². The van der Waals surface area contributed by atoms with E-state index in [2.05, 4.69) is 15.5 Å². The molecule has 4 aromatic rings. The first kappa shape index (κ1) is 21.0. The van der Waals surface area contributed by atoms with Gasteiger partial charge in [0.1, 0.15) is 13.2 Å². The Morgan fingerprint density at radius 2 is 1.59 bits per heavy atom. The minimum absolute atomic E-state index is 0.166. The van der Waals surface area contributed by atoms with Gasteiger partial charge < -0.3 is 14.5 Å². The van der Waals surface area contributed by atoms with Gasteiger partial charge in [0.2, 0.25) is 11.8 Å². The maximum Gasteiger partial charge on any atom is 0.325 e. The summed E-state index contributed by atoms with van der Waals surface area (Å²) in [5.74, 6) is -0.0926. The maximum absolute atomic E-state index is 12.3. The first-order valence-corrected chi connectivity index (χ1v) is 10.1. The van der Waals surface area contributed by atoms with Crippen LogP contribution < -0.4 is 5.32 Å². The normalized spacial score (nSPS) is 10.5. The van der Waals surface area contributed by atoms with Crippen LogP contribution in [0.2, 0.25) is 0 Å². The average Bonchev–Trinajstić information content (AvgIpc) is 3.32. The van der Waals surface area contributed by atoms with Gasteiger partial charge in [-0.1, -0.05) is 48.0 Å². The van der Waals surface area contributed by atoms with Crippen molar-refractivity contribution in [3.63, 3.8) is 0 Å². The molecule has 0 atom stereocenters. The Kier molecular flexibility index (Phi) is 6.36. The summed E-state index contributed by atoms with van der Waals surface area (Å²) in [7, 11) is 0. The third kappa shape index (κ3) is 5.26. The molecule has 0 aliphatic heterocycles. The van der Waals surface area contributed by atoms with E-state index < -0.39 is 5.97 Å². The number of aromatic nitrogens is 2. The van der Waals surface area contributed by atoms with Gasteiger partial charge in [-0.2, -0.15) is 0 Å². The number of hydrogen-bond donors (Lipinski definition) is 1. The summed E-state index contributed by atoms with van der Waals surface area (Å²) < 4.78 is 10.9. The molecule has 1 amide bonds. The molecule has 7 heteroatoms. The molecular formula is C25H21N3O4. The van der Waals surface area contributed by atoms with Gasteiger partial charge in [0.05, 0.1) is 0 Å². The predicted molar refractivity (Wildman–Crippen MR) is 118 cm³/mol. The topological polar surface area (TPSA) is 94.3 Å². The second-order valence-corrected chi connectivity index (χ2v) is 7.19. The minimum Gasteiger partial charge on any atom is -0.460 e. The Morgan fingerprint density at radius 1 is 0.875 bits per heavy atom. The lowest BCUT2D eigenvalue weighted by molar-refractivity contribution is -0.143. The Bertz CT molecular complexity index is 1220. The molecule has 0 bridgehead atoms. The van der Waals surface area contributed by atoms with E-state index in [-0.39, 0.29) is 19.1 Å². The van der Waals surface area contributed by atoms with Crippen molar-refractivity contribution in [1.29, 1.82) is 0 Å². The summed E-state index contributed by atoms with van der Waals surface area (Å²) in [6.07, 6.45) is 0. The van der Waals surface area contributed by atoms with Crippen LogP contribution in [-0.2, 0) is 16.1 Å². The highest BCUT2D eigenvalue weighted by Gasteiger charge is 2.13. The third-order valence-corrected chi connectivity index (χ3v) is 4.72. The molecular weight excluding hydrogens is 406 g/mol. The lowest BCUT2D eigenvalue weighted by atomic mass is 10.1. The number of ether oxygens (including phenoxy) is 1. The van der Waals surface area contributed by atoms with E-state index in [1.54, 1.807) is 24.3 Å². The number of carbonyl (C=O) groups excluding carboxylic acids is 2. The standard InChI is InChI=1S/C25H21N3O4/c1-17-6-5-9-21(14-17)25-28-27-24(32-25)20-12-10-19(11-13-20)23(30)26-15-22(29)31-16-18-7-3-2-4-8-18/h2-14H,15-16H2,1H3,(H,26,30). The Balaban J connectivity index is 1.32. The summed E-state index contributed by atoms with van der Waals surface area (Å²) in [4.78, 5) is 24.2. The largest absolute Gasteiger partial charge is 0.460 e. The summed E-state index contributed by atoms with van der Waals surface area (Å²) >= 11 is 0. The van der Waals surface area contributed by atoms with Crippen LogP contribution in [0.15, 0.2) is 83.3 Å². The maximum atomic E-state index is 12.3. The molecule has 0 spiro atoms. The van der Waals surface area contributed by atoms with Crippen molar-refractivity contribution in [2.75, 3.05) is 6.54 Å². The van der Waals surface area contributed by atoms with Crippen LogP contribution in [-0.4, -0.2) is 28.6 Å². The van der Waals surface area contributed by atoms with Gasteiger partial charge in [0.25, 0.3) is 5.91 Å². The fourth-order valence-electron chi connectivity index (χ4n) is 3.04. The molecule has 32 heavy (non-hydrogen) atoms. The van der Waals surface area contributed by atoms with E-state index in [4.69, 9.17) is 9.15 Å². The lowest BCUT2D eigenvalue weighted by Gasteiger charge is -2.07. The van der Waals surface area contributed by atoms with E-state index in [0.29, 0.717) is 22.9 Å². The SMILES string of the molecule is Cc1cccc(-c2nnc(-c3ccc(C(=O)NCC(=O)OCc4ccccc4)cc3)o2)c1. The van der Waals surface area contributed by atoms with Crippen molar-refractivity contribution >= 4 is 11.9 Å². The fraction of sp³-hybridized carbons (Fsp3) is 0.120. The highest BCUT2D eigenvalue weighted by Crippen LogP contribution is 2.24. The van der Waals surface area contributed by atoms with Crippen molar-refractivity contribution in [3.8, 4) is 22.9 Å². The summed E-state index contributed by atoms with van der Waals surface area (Å²) in [5, 5.41) is 10.8. The van der Waals surface area contributed by atoms with Gasteiger partial charge in [-0.15, -0.1) is 10.2 Å². The van der Waals surface area contributed by atoms with E-state index in [9.17, 15) is 9.59 Å². The highest BCUT2D eigenvalue weighted by molar-refractivity contribution is 5.96. The lowest BCUT2D eigenvalue weighted by Crippen LogP contribution is -2.30. The van der Waals surface area contributed by atoms with Crippen LogP contribution in [0.4, 0.5) is 0 Å². The number of aryl methyl sites for hydroxylation is 1. The first-order chi connectivity index (χ1) is 15.6. The smallest absolute Gasteiger partial charge is 0.325 e. The van der Waals surface area contributed by atoms with Crippen LogP contribution in [0.3, 0.4) is 0 Å². The van der Waals surface area contributed by atoms with Crippen molar-refractivity contribution in [3.05, 3.63) is 95.6 Å². The van der Waals surface area contributed by atoms with Crippen LogP contribution in [0.5, 0.6) is 0 Å². The van der Waals surface area contributed by atoms with Gasteiger partial charge in [-0.3, -0.25) is 9.59 Å². The highest BCUT2D eigenvalue weighted by atomic mass is 16.5. The van der Waals surface area contributed by atoms with Gasteiger partial charge >= 0.3 is 5.97 Å². The molecule has 0 radical (unpaired) electrons. The molecule has 1 heterocycles. The monoisotopic (exact) mass is 427 g/mol. The van der Waals surface area contributed by atoms with Crippen molar-refractivity contribution in [1.82, 2.24) is 15.5 Å². The third-order valence-electron chi connectivity index (χ3n) is 4.72. The molecule has 0 saturated carbocycles. The van der Waals surface area contributed by atoms with Gasteiger partial charge in [0.15, 0.2) is 0 Å². The first-order valence-electron chi connectivity index (χ1n) is 10.1. The van der Waals surface area contributed by atoms with E-state index in [1.807, 2.05) is 61.5 Å². The molecule has 0 unspecified atom stereocenters. The van der Waals surface area contributed by atoms with Crippen LogP contribution >= 0.6 is 0 Å². The van der Waals surface area contributed by atoms with Crippen molar-refractivity contribution < 1.29 is 18.7 Å². The van der Waals surface area contributed by atoms with Crippen LogP contribution in [0, 0.1) is 6.92 Å². The molecule has 0 fully saturated rings. The Morgan fingerprint density at radius 3 is 2.31 bits per heavy atom. The number of rotatable bonds is 7. The number of benzene rings is 3. The molecule has 7 nitrogen and oxygen atoms in total. The summed E-state index contributed by atoms with van der Waals surface area (Å²) in [6, 6.07) is 23.8. The van der Waals surface area contributed by atoms with Crippen LogP contribution in [0.25, 0.3) is 22.9 Å². The number of nitrogens with zero attached hydrogens (tertiary/aromatic N) is 2. The number of esters is 1. The summed E-state index contributed by atoms with van der Waals surface area (Å²) in [5.41, 5.74) is 3.92. The summed E-state index contributed by atoms with van der Waals surface area (Å²) in [6.45, 7) is 1.95.